The Balaban J connectivity index is 1.63. The van der Waals surface area contributed by atoms with E-state index in [4.69, 9.17) is 11.6 Å². The molecule has 0 atom stereocenters. The fraction of sp³-hybridized carbons (Fsp3) is 0.185. The minimum atomic E-state index is -0.192. The molecule has 146 valence electrons. The molecule has 29 heavy (non-hydrogen) atoms. The summed E-state index contributed by atoms with van der Waals surface area (Å²) < 4.78 is 15.2. The van der Waals surface area contributed by atoms with Gasteiger partial charge in [0.1, 0.15) is 5.82 Å². The van der Waals surface area contributed by atoms with Gasteiger partial charge in [-0.05, 0) is 58.7 Å². The maximum atomic E-state index is 15.2. The summed E-state index contributed by atoms with van der Waals surface area (Å²) in [5.41, 5.74) is 5.07. The Bertz CT molecular complexity index is 1110. The van der Waals surface area contributed by atoms with Crippen LogP contribution in [0.2, 0.25) is 5.02 Å². The second-order valence-corrected chi connectivity index (χ2v) is 7.96. The average molecular weight is 403 g/mol. The van der Waals surface area contributed by atoms with Crippen LogP contribution in [0, 0.1) is 5.82 Å². The topological polar surface area (TPSA) is 0 Å². The first-order valence-corrected chi connectivity index (χ1v) is 10.6. The predicted molar refractivity (Wildman–Crippen MR) is 123 cm³/mol. The fourth-order valence-corrected chi connectivity index (χ4v) is 3.89. The van der Waals surface area contributed by atoms with Gasteiger partial charge >= 0.3 is 0 Å². The van der Waals surface area contributed by atoms with Gasteiger partial charge in [-0.25, -0.2) is 4.39 Å². The minimum Gasteiger partial charge on any atom is -0.206 e. The lowest BCUT2D eigenvalue weighted by molar-refractivity contribution is 0.643. The Labute approximate surface area is 177 Å². The highest BCUT2D eigenvalue weighted by Crippen LogP contribution is 2.32. The quantitative estimate of drug-likeness (QED) is 0.283. The van der Waals surface area contributed by atoms with Crippen molar-refractivity contribution in [3.63, 3.8) is 0 Å². The zero-order chi connectivity index (χ0) is 20.2. The third-order valence-electron chi connectivity index (χ3n) is 5.47. The van der Waals surface area contributed by atoms with E-state index in [1.54, 1.807) is 12.1 Å². The first-order chi connectivity index (χ1) is 14.2. The second kappa shape index (κ2) is 8.80. The Morgan fingerprint density at radius 2 is 1.41 bits per heavy atom. The fourth-order valence-electron chi connectivity index (χ4n) is 3.77. The molecular weight excluding hydrogens is 379 g/mol. The molecule has 4 aromatic carbocycles. The molecule has 0 aromatic heterocycles. The van der Waals surface area contributed by atoms with Crippen molar-refractivity contribution in [1.29, 1.82) is 0 Å². The van der Waals surface area contributed by atoms with Gasteiger partial charge < -0.3 is 0 Å². The molecule has 0 amide bonds. The lowest BCUT2D eigenvalue weighted by Gasteiger charge is -2.10. The molecule has 0 heterocycles. The smallest absolute Gasteiger partial charge is 0.138 e. The van der Waals surface area contributed by atoms with E-state index in [0.29, 0.717) is 16.0 Å². The third kappa shape index (κ3) is 4.36. The molecule has 0 fully saturated rings. The second-order valence-electron chi connectivity index (χ2n) is 7.52. The Hall–Kier alpha value is -2.64. The highest BCUT2D eigenvalue weighted by atomic mass is 35.5. The van der Waals surface area contributed by atoms with Crippen molar-refractivity contribution >= 4 is 22.4 Å². The van der Waals surface area contributed by atoms with Crippen molar-refractivity contribution in [2.24, 2.45) is 0 Å². The predicted octanol–water partition coefficient (Wildman–Crippen LogP) is 8.70. The van der Waals surface area contributed by atoms with Crippen molar-refractivity contribution in [3.05, 3.63) is 95.3 Å². The Kier molecular flexibility index (Phi) is 5.97. The number of aryl methyl sites for hydroxylation is 1. The first-order valence-electron chi connectivity index (χ1n) is 10.2. The molecule has 0 aliphatic rings. The van der Waals surface area contributed by atoms with Crippen molar-refractivity contribution < 1.29 is 4.39 Å². The van der Waals surface area contributed by atoms with Crippen molar-refractivity contribution in [1.82, 2.24) is 0 Å². The number of hydrogen-bond donors (Lipinski definition) is 0. The molecule has 0 N–H and O–H groups in total. The van der Waals surface area contributed by atoms with E-state index < -0.39 is 0 Å². The van der Waals surface area contributed by atoms with Gasteiger partial charge in [0.05, 0.1) is 0 Å². The molecule has 4 aromatic rings. The van der Waals surface area contributed by atoms with Crippen LogP contribution in [0.5, 0.6) is 0 Å². The number of unbranched alkanes of at least 4 members (excludes halogenated alkanes) is 2. The standard InChI is InChI=1S/C27H24ClF/c1-2-3-4-5-19-6-8-20(9-7-19)22-12-16-26-23(18-22)13-17-25(27(26)29)21-10-14-24(28)15-11-21/h6-18H,2-5H2,1H3. The maximum absolute atomic E-state index is 15.2. The summed E-state index contributed by atoms with van der Waals surface area (Å²) in [7, 11) is 0. The molecule has 0 nitrogen and oxygen atoms in total. The van der Waals surface area contributed by atoms with Crippen LogP contribution in [0.3, 0.4) is 0 Å². The summed E-state index contributed by atoms with van der Waals surface area (Å²) in [6.45, 7) is 2.23. The van der Waals surface area contributed by atoms with E-state index in [2.05, 4.69) is 37.3 Å². The van der Waals surface area contributed by atoms with Gasteiger partial charge in [0.25, 0.3) is 0 Å². The van der Waals surface area contributed by atoms with Gasteiger partial charge in [-0.1, -0.05) is 92.0 Å². The molecule has 0 unspecified atom stereocenters. The molecule has 0 aliphatic heterocycles. The zero-order valence-electron chi connectivity index (χ0n) is 16.6. The summed E-state index contributed by atoms with van der Waals surface area (Å²) in [5.74, 6) is -0.192. The third-order valence-corrected chi connectivity index (χ3v) is 5.72. The first kappa shape index (κ1) is 19.7. The van der Waals surface area contributed by atoms with Gasteiger partial charge in [0, 0.05) is 16.0 Å². The highest BCUT2D eigenvalue weighted by molar-refractivity contribution is 6.30. The van der Waals surface area contributed by atoms with Crippen molar-refractivity contribution in [2.75, 3.05) is 0 Å². The number of benzene rings is 4. The number of rotatable bonds is 6. The Morgan fingerprint density at radius 1 is 0.724 bits per heavy atom. The summed E-state index contributed by atoms with van der Waals surface area (Å²) in [4.78, 5) is 0. The van der Waals surface area contributed by atoms with Crippen molar-refractivity contribution in [2.45, 2.75) is 32.6 Å². The number of fused-ring (bicyclic) bond motifs is 1. The molecule has 0 saturated carbocycles. The minimum absolute atomic E-state index is 0.192. The van der Waals surface area contributed by atoms with Gasteiger partial charge in [-0.2, -0.15) is 0 Å². The number of halogens is 2. The van der Waals surface area contributed by atoms with Crippen LogP contribution < -0.4 is 0 Å². The average Bonchev–Trinajstić information content (AvgIpc) is 2.75. The van der Waals surface area contributed by atoms with Crippen LogP contribution in [0.4, 0.5) is 4.39 Å². The summed E-state index contributed by atoms with van der Waals surface area (Å²) in [6.07, 6.45) is 4.88. The summed E-state index contributed by atoms with van der Waals surface area (Å²) >= 11 is 5.96. The van der Waals surface area contributed by atoms with E-state index in [0.717, 1.165) is 28.5 Å². The SMILES string of the molecule is CCCCCc1ccc(-c2ccc3c(F)c(-c4ccc(Cl)cc4)ccc3c2)cc1. The van der Waals surface area contributed by atoms with E-state index in [1.807, 2.05) is 36.4 Å². The molecule has 4 rings (SSSR count). The van der Waals surface area contributed by atoms with Gasteiger partial charge in [-0.15, -0.1) is 0 Å². The molecule has 0 saturated heterocycles. The van der Waals surface area contributed by atoms with Crippen LogP contribution in [-0.2, 0) is 6.42 Å². The van der Waals surface area contributed by atoms with Crippen LogP contribution in [0.1, 0.15) is 31.7 Å². The van der Waals surface area contributed by atoms with Crippen LogP contribution in [-0.4, -0.2) is 0 Å². The van der Waals surface area contributed by atoms with E-state index in [-0.39, 0.29) is 5.82 Å². The van der Waals surface area contributed by atoms with E-state index >= 15 is 4.39 Å². The monoisotopic (exact) mass is 402 g/mol. The highest BCUT2D eigenvalue weighted by Gasteiger charge is 2.10. The normalized spacial score (nSPS) is 11.1. The van der Waals surface area contributed by atoms with Crippen LogP contribution in [0.15, 0.2) is 78.9 Å². The molecule has 0 radical (unpaired) electrons. The maximum Gasteiger partial charge on any atom is 0.138 e. The molecule has 0 spiro atoms. The van der Waals surface area contributed by atoms with E-state index in [9.17, 15) is 0 Å². The van der Waals surface area contributed by atoms with E-state index in [1.165, 1.54) is 24.8 Å². The molecule has 0 aliphatic carbocycles. The lowest BCUT2D eigenvalue weighted by atomic mass is 9.96. The van der Waals surface area contributed by atoms with Gasteiger partial charge in [0.15, 0.2) is 0 Å². The summed E-state index contributed by atoms with van der Waals surface area (Å²) in [5, 5.41) is 2.19. The summed E-state index contributed by atoms with van der Waals surface area (Å²) in [6, 6.07) is 25.8. The van der Waals surface area contributed by atoms with Crippen LogP contribution in [0.25, 0.3) is 33.0 Å². The Morgan fingerprint density at radius 3 is 2.14 bits per heavy atom. The van der Waals surface area contributed by atoms with Gasteiger partial charge in [-0.3, -0.25) is 0 Å². The molecular formula is C27H24ClF. The largest absolute Gasteiger partial charge is 0.206 e. The van der Waals surface area contributed by atoms with Crippen LogP contribution >= 0.6 is 11.6 Å². The molecule has 0 bridgehead atoms. The van der Waals surface area contributed by atoms with Gasteiger partial charge in [0.2, 0.25) is 0 Å². The van der Waals surface area contributed by atoms with Crippen molar-refractivity contribution in [3.8, 4) is 22.3 Å². The molecule has 2 heteroatoms. The zero-order valence-corrected chi connectivity index (χ0v) is 17.3. The number of hydrogen-bond acceptors (Lipinski definition) is 0. The lowest BCUT2D eigenvalue weighted by Crippen LogP contribution is -1.89.